The predicted octanol–water partition coefficient (Wildman–Crippen LogP) is 22.2. The number of rotatable bonds is 46. The summed E-state index contributed by atoms with van der Waals surface area (Å²) in [5, 5.41) is 1.26. The molecule has 1 aliphatic carbocycles. The molecular formula is C67H106F5N2O+. The number of halogens is 5. The summed E-state index contributed by atoms with van der Waals surface area (Å²) >= 11 is 0. The molecule has 0 saturated carbocycles. The summed E-state index contributed by atoms with van der Waals surface area (Å²) in [4.78, 5) is 2.42. The minimum Gasteiger partial charge on any atom is -0.456 e. The largest absolute Gasteiger partial charge is 0.456 e. The molecule has 1 heterocycles. The van der Waals surface area contributed by atoms with Crippen LogP contribution < -0.4 is 14.8 Å². The monoisotopic (exact) mass is 1050 g/mol. The molecule has 0 saturated heterocycles. The van der Waals surface area contributed by atoms with Gasteiger partial charge in [-0.2, -0.15) is 0 Å². The van der Waals surface area contributed by atoms with E-state index < -0.39 is 34.6 Å². The lowest BCUT2D eigenvalue weighted by Gasteiger charge is -2.26. The Kier molecular flexibility index (Phi) is 34.1. The third-order valence-corrected chi connectivity index (χ3v) is 16.0. The second-order valence-corrected chi connectivity index (χ2v) is 22.5. The van der Waals surface area contributed by atoms with E-state index in [1.165, 1.54) is 205 Å². The highest BCUT2D eigenvalue weighted by atomic mass is 19.2. The molecule has 0 N–H and O–H groups in total. The van der Waals surface area contributed by atoms with Crippen LogP contribution in [0.3, 0.4) is 0 Å². The van der Waals surface area contributed by atoms with E-state index in [2.05, 4.69) is 37.2 Å². The van der Waals surface area contributed by atoms with E-state index in [4.69, 9.17) is 4.42 Å². The second-order valence-electron chi connectivity index (χ2n) is 22.5. The van der Waals surface area contributed by atoms with Gasteiger partial charge in [0.2, 0.25) is 11.2 Å². The van der Waals surface area contributed by atoms with Crippen LogP contribution in [0.1, 0.15) is 285 Å². The molecule has 2 aromatic rings. The molecule has 0 unspecified atom stereocenters. The SMILES string of the molecule is CCCCCCCCCCCCN(CCCCCCCCCCCC)c1ccc2c(-c3c(F)c(F)c(F)c(F)c3F)c3ccc(=[N+](CCCCCCCCCCCC)CCCCCCCCCCCC)cc-3oc2c1. The fourth-order valence-corrected chi connectivity index (χ4v) is 11.3. The average Bonchev–Trinajstić information content (AvgIpc) is 3.42. The maximum atomic E-state index is 16.1. The van der Waals surface area contributed by atoms with Crippen LogP contribution in [0.15, 0.2) is 40.8 Å². The highest BCUT2D eigenvalue weighted by Gasteiger charge is 2.31. The summed E-state index contributed by atoms with van der Waals surface area (Å²) in [7, 11) is 0. The quantitative estimate of drug-likeness (QED) is 0.0110. The van der Waals surface area contributed by atoms with E-state index in [0.29, 0.717) is 22.3 Å². The van der Waals surface area contributed by atoms with Crippen LogP contribution in [0, 0.1) is 29.1 Å². The molecule has 2 aliphatic rings. The van der Waals surface area contributed by atoms with Crippen LogP contribution in [0.2, 0.25) is 0 Å². The lowest BCUT2D eigenvalue weighted by Crippen LogP contribution is -2.32. The van der Waals surface area contributed by atoms with Crippen molar-refractivity contribution < 1.29 is 26.4 Å². The number of anilines is 1. The summed E-state index contributed by atoms with van der Waals surface area (Å²) in [6.45, 7) is 12.5. The molecule has 424 valence electrons. The zero-order valence-corrected chi connectivity index (χ0v) is 48.3. The van der Waals surface area contributed by atoms with Crippen molar-refractivity contribution in [3.05, 3.63) is 70.8 Å². The van der Waals surface area contributed by atoms with Crippen molar-refractivity contribution in [3.63, 3.8) is 0 Å². The fraction of sp³-hybridized carbons (Fsp3) is 0.716. The van der Waals surface area contributed by atoms with E-state index in [1.54, 1.807) is 12.1 Å². The molecule has 3 nitrogen and oxygen atoms in total. The normalized spacial score (nSPS) is 11.7. The number of hydrogen-bond donors (Lipinski definition) is 0. The molecule has 0 bridgehead atoms. The molecule has 8 heteroatoms. The first-order chi connectivity index (χ1) is 36.8. The van der Waals surface area contributed by atoms with Crippen molar-refractivity contribution in [1.82, 2.24) is 4.58 Å². The third-order valence-electron chi connectivity index (χ3n) is 16.0. The highest BCUT2D eigenvalue weighted by molar-refractivity contribution is 6.03. The van der Waals surface area contributed by atoms with Crippen molar-refractivity contribution in [1.29, 1.82) is 0 Å². The zero-order chi connectivity index (χ0) is 53.7. The summed E-state index contributed by atoms with van der Waals surface area (Å²) < 4.78 is 86.3. The minimum atomic E-state index is -2.16. The number of fused-ring (bicyclic) bond motifs is 2. The van der Waals surface area contributed by atoms with Crippen LogP contribution in [0.4, 0.5) is 27.6 Å². The second kappa shape index (κ2) is 39.9. The summed E-state index contributed by atoms with van der Waals surface area (Å²) in [5.74, 6) is -9.35. The molecule has 0 radical (unpaired) electrons. The zero-order valence-electron chi connectivity index (χ0n) is 48.3. The molecular weight excluding hydrogens is 944 g/mol. The lowest BCUT2D eigenvalue weighted by molar-refractivity contribution is 0.381. The van der Waals surface area contributed by atoms with Crippen LogP contribution in [0.25, 0.3) is 33.4 Å². The Balaban J connectivity index is 1.68. The Bertz CT molecular complexity index is 2070. The fourth-order valence-electron chi connectivity index (χ4n) is 11.3. The van der Waals surface area contributed by atoms with Crippen molar-refractivity contribution in [3.8, 4) is 22.5 Å². The molecule has 0 amide bonds. The highest BCUT2D eigenvalue weighted by Crippen LogP contribution is 2.44. The molecule has 0 fully saturated rings. The van der Waals surface area contributed by atoms with Gasteiger partial charge >= 0.3 is 0 Å². The van der Waals surface area contributed by atoms with Gasteiger partial charge in [-0.1, -0.05) is 246 Å². The van der Waals surface area contributed by atoms with Gasteiger partial charge in [0.1, 0.15) is 24.4 Å². The molecule has 0 aromatic heterocycles. The van der Waals surface area contributed by atoms with Gasteiger partial charge in [0.15, 0.2) is 23.3 Å². The first-order valence-corrected chi connectivity index (χ1v) is 31.6. The van der Waals surface area contributed by atoms with Gasteiger partial charge < -0.3 is 9.32 Å². The van der Waals surface area contributed by atoms with Gasteiger partial charge in [0.25, 0.3) is 0 Å². The molecule has 0 atom stereocenters. The van der Waals surface area contributed by atoms with Gasteiger partial charge in [-0.3, -0.25) is 0 Å². The first-order valence-electron chi connectivity index (χ1n) is 31.6. The van der Waals surface area contributed by atoms with Crippen molar-refractivity contribution >= 4 is 16.7 Å². The molecule has 2 aromatic carbocycles. The van der Waals surface area contributed by atoms with Gasteiger partial charge in [-0.05, 0) is 43.9 Å². The van der Waals surface area contributed by atoms with Crippen molar-refractivity contribution in [2.45, 2.75) is 285 Å². The summed E-state index contributed by atoms with van der Waals surface area (Å²) in [6, 6.07) is 11.3. The topological polar surface area (TPSA) is 19.4 Å². The van der Waals surface area contributed by atoms with E-state index in [1.807, 2.05) is 24.3 Å². The maximum Gasteiger partial charge on any atom is 0.203 e. The van der Waals surface area contributed by atoms with E-state index in [9.17, 15) is 4.39 Å². The number of hydrogen-bond acceptors (Lipinski definition) is 2. The molecule has 0 spiro atoms. The molecule has 75 heavy (non-hydrogen) atoms. The van der Waals surface area contributed by atoms with Gasteiger partial charge in [-0.15, -0.1) is 0 Å². The number of unbranched alkanes of at least 4 members (excludes halogenated alkanes) is 36. The Hall–Kier alpha value is -3.42. The summed E-state index contributed by atoms with van der Waals surface area (Å²) in [5.41, 5.74) is 0.665. The third kappa shape index (κ3) is 23.6. The predicted molar refractivity (Wildman–Crippen MR) is 313 cm³/mol. The Morgan fingerprint density at radius 2 is 0.707 bits per heavy atom. The van der Waals surface area contributed by atoms with Crippen LogP contribution in [-0.4, -0.2) is 26.2 Å². The standard InChI is InChI=1S/C67H106F5N2O/c1-5-9-13-17-21-25-29-33-37-41-49-73(50-42-38-34-30-26-22-18-14-10-6-2)55-45-47-57-59(53-55)75-60-54-56(46-48-58(60)61(57)62-63(68)65(70)67(72)66(71)64(62)69)74(51-43-39-35-31-27-23-19-15-11-7-3)52-44-40-36-32-28-24-20-16-12-8-4/h45-48,53-54H,5-44,49-52H2,1-4H3/q+1. The van der Waals surface area contributed by atoms with Crippen LogP contribution in [0.5, 0.6) is 0 Å². The van der Waals surface area contributed by atoms with Crippen LogP contribution >= 0.6 is 0 Å². The Morgan fingerprint density at radius 3 is 1.09 bits per heavy atom. The maximum absolute atomic E-state index is 16.1. The van der Waals surface area contributed by atoms with Crippen molar-refractivity contribution in [2.24, 2.45) is 0 Å². The Labute approximate surface area is 454 Å². The molecule has 1 aliphatic heterocycles. The van der Waals surface area contributed by atoms with Gasteiger partial charge in [0, 0.05) is 60.3 Å². The number of nitrogens with zero attached hydrogens (tertiary/aromatic N) is 2. The average molecular weight is 1050 g/mol. The Morgan fingerprint density at radius 1 is 0.360 bits per heavy atom. The summed E-state index contributed by atoms with van der Waals surface area (Å²) in [6.07, 6.45) is 50.0. The van der Waals surface area contributed by atoms with E-state index >= 15 is 17.6 Å². The van der Waals surface area contributed by atoms with Crippen LogP contribution in [-0.2, 0) is 0 Å². The molecule has 4 rings (SSSR count). The number of benzene rings is 3. The van der Waals surface area contributed by atoms with Gasteiger partial charge in [0.05, 0.1) is 11.6 Å². The van der Waals surface area contributed by atoms with E-state index in [0.717, 1.165) is 88.6 Å². The van der Waals surface area contributed by atoms with E-state index in [-0.39, 0.29) is 5.56 Å². The van der Waals surface area contributed by atoms with Crippen molar-refractivity contribution in [2.75, 3.05) is 31.1 Å². The lowest BCUT2D eigenvalue weighted by atomic mass is 9.92. The first kappa shape index (κ1) is 64.1. The van der Waals surface area contributed by atoms with Gasteiger partial charge in [-0.25, -0.2) is 26.5 Å². The smallest absolute Gasteiger partial charge is 0.203 e. The minimum absolute atomic E-state index is 0.0379.